The first-order valence-electron chi connectivity index (χ1n) is 11.0. The van der Waals surface area contributed by atoms with E-state index < -0.39 is 0 Å². The number of hydrogen-bond acceptors (Lipinski definition) is 6. The maximum Gasteiger partial charge on any atom is 0.223 e. The van der Waals surface area contributed by atoms with Crippen molar-refractivity contribution in [3.8, 4) is 0 Å². The van der Waals surface area contributed by atoms with E-state index in [2.05, 4.69) is 33.5 Å². The van der Waals surface area contributed by atoms with Crippen molar-refractivity contribution in [1.82, 2.24) is 24.5 Å². The van der Waals surface area contributed by atoms with E-state index in [1.165, 1.54) is 5.69 Å². The number of imidazole rings is 1. The highest BCUT2D eigenvalue weighted by molar-refractivity contribution is 5.76. The summed E-state index contributed by atoms with van der Waals surface area (Å²) < 4.78 is 7.29. The topological polar surface area (TPSA) is 87.6 Å². The molecule has 2 aromatic heterocycles. The maximum atomic E-state index is 12.6. The van der Waals surface area contributed by atoms with Crippen LogP contribution in [0.15, 0.2) is 29.3 Å². The predicted molar refractivity (Wildman–Crippen MR) is 112 cm³/mol. The second-order valence-corrected chi connectivity index (χ2v) is 9.27. The van der Waals surface area contributed by atoms with Gasteiger partial charge in [-0.05, 0) is 38.5 Å². The normalized spacial score (nSPS) is 22.1. The number of β-amino-alcohol motifs (C(OH)–C–C–N with tert-alkyl or cyclic N) is 1. The van der Waals surface area contributed by atoms with Crippen LogP contribution in [0.25, 0.3) is 0 Å². The third-order valence-corrected chi connectivity index (χ3v) is 6.64. The van der Waals surface area contributed by atoms with Crippen molar-refractivity contribution in [1.29, 1.82) is 0 Å². The van der Waals surface area contributed by atoms with Crippen molar-refractivity contribution < 1.29 is 14.4 Å². The first-order chi connectivity index (χ1) is 14.4. The van der Waals surface area contributed by atoms with Crippen LogP contribution in [0, 0.1) is 5.41 Å². The summed E-state index contributed by atoms with van der Waals surface area (Å²) in [6, 6.07) is 2.18. The van der Waals surface area contributed by atoms with E-state index in [-0.39, 0.29) is 17.4 Å². The Labute approximate surface area is 177 Å². The average Bonchev–Trinajstić information content (AvgIpc) is 3.38. The number of aliphatic hydroxyl groups excluding tert-OH is 1. The summed E-state index contributed by atoms with van der Waals surface area (Å²) in [6.07, 6.45) is 8.87. The molecule has 4 rings (SSSR count). The Balaban J connectivity index is 1.33. The Morgan fingerprint density at radius 3 is 2.87 bits per heavy atom. The molecule has 0 bridgehead atoms. The highest BCUT2D eigenvalue weighted by Gasteiger charge is 2.42. The largest absolute Gasteiger partial charge is 0.392 e. The molecule has 1 unspecified atom stereocenters. The summed E-state index contributed by atoms with van der Waals surface area (Å²) in [6.45, 7) is 8.31. The van der Waals surface area contributed by atoms with Crippen LogP contribution in [0.1, 0.15) is 57.0 Å². The van der Waals surface area contributed by atoms with Gasteiger partial charge in [0, 0.05) is 63.9 Å². The van der Waals surface area contributed by atoms with Crippen molar-refractivity contribution in [3.05, 3.63) is 36.2 Å². The zero-order chi connectivity index (χ0) is 21.1. The van der Waals surface area contributed by atoms with E-state index >= 15 is 0 Å². The number of aliphatic hydroxyl groups is 1. The molecule has 0 aromatic carbocycles. The standard InChI is InChI=1S/C22H33N5O3/c1-17(2)27-16-23-12-18(27)13-25-14-19(28)11-22(15-25)6-9-26(10-7-22)21(29)4-3-20-5-8-24-30-20/h5,8,12,16-17,19,28H,3-4,6-7,9-11,13-15H2,1-2H3. The minimum absolute atomic E-state index is 0.0854. The van der Waals surface area contributed by atoms with E-state index in [0.717, 1.165) is 51.2 Å². The van der Waals surface area contributed by atoms with E-state index in [0.29, 0.717) is 25.4 Å². The number of carbonyl (C=O) groups excluding carboxylic acids is 1. The molecule has 0 aliphatic carbocycles. The Hall–Kier alpha value is -2.19. The molecule has 2 aliphatic rings. The predicted octanol–water partition coefficient (Wildman–Crippen LogP) is 2.26. The van der Waals surface area contributed by atoms with Crippen LogP contribution < -0.4 is 0 Å². The lowest BCUT2D eigenvalue weighted by Gasteiger charge is -2.49. The number of hydrogen-bond donors (Lipinski definition) is 1. The van der Waals surface area contributed by atoms with Gasteiger partial charge in [0.1, 0.15) is 5.76 Å². The van der Waals surface area contributed by atoms with Crippen LogP contribution in [-0.4, -0.2) is 67.8 Å². The fourth-order valence-corrected chi connectivity index (χ4v) is 5.09. The lowest BCUT2D eigenvalue weighted by molar-refractivity contribution is -0.135. The summed E-state index contributed by atoms with van der Waals surface area (Å²) in [5, 5.41) is 14.3. The fourth-order valence-electron chi connectivity index (χ4n) is 5.09. The minimum Gasteiger partial charge on any atom is -0.392 e. The molecule has 1 N–H and O–H groups in total. The Kier molecular flexibility index (Phi) is 6.24. The summed E-state index contributed by atoms with van der Waals surface area (Å²) in [5.41, 5.74) is 1.27. The number of rotatable bonds is 6. The number of carbonyl (C=O) groups is 1. The van der Waals surface area contributed by atoms with Gasteiger partial charge in [-0.3, -0.25) is 9.69 Å². The summed E-state index contributed by atoms with van der Waals surface area (Å²) in [5.74, 6) is 0.929. The molecule has 0 saturated carbocycles. The Bertz CT molecular complexity index is 824. The van der Waals surface area contributed by atoms with E-state index in [1.807, 2.05) is 23.5 Å². The lowest BCUT2D eigenvalue weighted by atomic mass is 9.71. The zero-order valence-corrected chi connectivity index (χ0v) is 18.0. The minimum atomic E-state index is -0.317. The quantitative estimate of drug-likeness (QED) is 0.779. The Morgan fingerprint density at radius 1 is 1.37 bits per heavy atom. The second-order valence-electron chi connectivity index (χ2n) is 9.27. The van der Waals surface area contributed by atoms with Gasteiger partial charge in [-0.2, -0.15) is 0 Å². The molecule has 30 heavy (non-hydrogen) atoms. The van der Waals surface area contributed by atoms with E-state index in [1.54, 1.807) is 6.20 Å². The van der Waals surface area contributed by atoms with Crippen LogP contribution in [0.5, 0.6) is 0 Å². The van der Waals surface area contributed by atoms with Gasteiger partial charge in [0.15, 0.2) is 0 Å². The third kappa shape index (κ3) is 4.75. The molecule has 0 radical (unpaired) electrons. The third-order valence-electron chi connectivity index (χ3n) is 6.64. The molecule has 164 valence electrons. The molecule has 8 nitrogen and oxygen atoms in total. The number of amides is 1. The molecular formula is C22H33N5O3. The average molecular weight is 416 g/mol. The van der Waals surface area contributed by atoms with Gasteiger partial charge in [-0.15, -0.1) is 0 Å². The molecule has 2 saturated heterocycles. The van der Waals surface area contributed by atoms with Crippen molar-refractivity contribution in [2.24, 2.45) is 5.41 Å². The zero-order valence-electron chi connectivity index (χ0n) is 18.0. The van der Waals surface area contributed by atoms with Gasteiger partial charge >= 0.3 is 0 Å². The van der Waals surface area contributed by atoms with Gasteiger partial charge in [0.25, 0.3) is 0 Å². The van der Waals surface area contributed by atoms with Gasteiger partial charge in [-0.25, -0.2) is 4.98 Å². The number of aryl methyl sites for hydroxylation is 1. The van der Waals surface area contributed by atoms with Gasteiger partial charge < -0.3 is 19.1 Å². The van der Waals surface area contributed by atoms with Gasteiger partial charge in [0.2, 0.25) is 5.91 Å². The van der Waals surface area contributed by atoms with Crippen molar-refractivity contribution in [2.75, 3.05) is 26.2 Å². The second kappa shape index (κ2) is 8.89. The number of nitrogens with zero attached hydrogens (tertiary/aromatic N) is 5. The summed E-state index contributed by atoms with van der Waals surface area (Å²) in [7, 11) is 0. The number of piperidine rings is 2. The molecule has 8 heteroatoms. The van der Waals surface area contributed by atoms with E-state index in [9.17, 15) is 9.90 Å². The van der Waals surface area contributed by atoms with Crippen molar-refractivity contribution in [3.63, 3.8) is 0 Å². The SMILES string of the molecule is CC(C)n1cncc1CN1CC(O)CC2(CCN(C(=O)CCc3ccno3)CC2)C1. The van der Waals surface area contributed by atoms with Crippen LogP contribution >= 0.6 is 0 Å². The van der Waals surface area contributed by atoms with Crippen LogP contribution in [0.4, 0.5) is 0 Å². The summed E-state index contributed by atoms with van der Waals surface area (Å²) in [4.78, 5) is 21.3. The molecule has 4 heterocycles. The van der Waals surface area contributed by atoms with E-state index in [4.69, 9.17) is 4.52 Å². The van der Waals surface area contributed by atoms with Gasteiger partial charge in [-0.1, -0.05) is 5.16 Å². The fraction of sp³-hybridized carbons (Fsp3) is 0.682. The number of aromatic nitrogens is 3. The molecule has 1 atom stereocenters. The monoisotopic (exact) mass is 415 g/mol. The lowest BCUT2D eigenvalue weighted by Crippen LogP contribution is -2.54. The van der Waals surface area contributed by atoms with Crippen LogP contribution in [-0.2, 0) is 17.8 Å². The first kappa shape index (κ1) is 21.1. The summed E-state index contributed by atoms with van der Waals surface area (Å²) >= 11 is 0. The molecule has 2 aliphatic heterocycles. The first-order valence-corrected chi connectivity index (χ1v) is 11.0. The Morgan fingerprint density at radius 2 is 2.17 bits per heavy atom. The molecule has 1 spiro atoms. The smallest absolute Gasteiger partial charge is 0.223 e. The molecular weight excluding hydrogens is 382 g/mol. The maximum absolute atomic E-state index is 12.6. The highest BCUT2D eigenvalue weighted by atomic mass is 16.5. The van der Waals surface area contributed by atoms with Crippen LogP contribution in [0.2, 0.25) is 0 Å². The van der Waals surface area contributed by atoms with Crippen molar-refractivity contribution >= 4 is 5.91 Å². The molecule has 2 fully saturated rings. The van der Waals surface area contributed by atoms with Gasteiger partial charge in [0.05, 0.1) is 24.3 Å². The molecule has 1 amide bonds. The highest BCUT2D eigenvalue weighted by Crippen LogP contribution is 2.40. The number of likely N-dealkylation sites (tertiary alicyclic amines) is 2. The van der Waals surface area contributed by atoms with Crippen LogP contribution in [0.3, 0.4) is 0 Å². The molecule has 2 aromatic rings. The van der Waals surface area contributed by atoms with Crippen molar-refractivity contribution in [2.45, 2.75) is 64.6 Å².